The predicted molar refractivity (Wildman–Crippen MR) is 269 cm³/mol. The molecule has 73 heavy (non-hydrogen) atoms. The molecular weight excluding hydrogens is 933 g/mol. The molecule has 0 saturated carbocycles. The topological polar surface area (TPSA) is 161 Å². The van der Waals surface area contributed by atoms with Gasteiger partial charge in [-0.3, -0.25) is 19.2 Å². The molecule has 2 aliphatic heterocycles. The smallest absolute Gasteiger partial charge is 0.303 e. The zero-order valence-corrected chi connectivity index (χ0v) is 41.4. The molecular formula is C59H62O14. The average Bonchev–Trinajstić information content (AvgIpc) is 3.38. The SMILES string of the molecule is CC(=O)OC[C@H]1O[C@H](CC=Cc2cccc(C#C[C@H]3O[C@H](COCc4ccccc4)[C@@H](OCc4ccccc4)[C@H](OCc4ccccc4)[C@@H]3OCc3ccccc3)c2)[C@@H](OC(C)=O)[C@@H](OC(C)=O)[C@@H]1OC(C)=O. The number of esters is 4. The van der Waals surface area contributed by atoms with Gasteiger partial charge in [-0.2, -0.15) is 0 Å². The summed E-state index contributed by atoms with van der Waals surface area (Å²) in [5.41, 5.74) is 5.42. The molecule has 0 aromatic heterocycles. The number of carbonyl (C=O) groups is 4. The molecule has 14 nitrogen and oxygen atoms in total. The van der Waals surface area contributed by atoms with E-state index in [2.05, 4.69) is 11.8 Å². The molecule has 0 unspecified atom stereocenters. The number of rotatable bonds is 21. The monoisotopic (exact) mass is 994 g/mol. The first-order valence-corrected chi connectivity index (χ1v) is 24.3. The summed E-state index contributed by atoms with van der Waals surface area (Å²) in [6.07, 6.45) is -5.23. The van der Waals surface area contributed by atoms with Gasteiger partial charge >= 0.3 is 23.9 Å². The van der Waals surface area contributed by atoms with Crippen LogP contribution in [0.4, 0.5) is 0 Å². The van der Waals surface area contributed by atoms with Gasteiger partial charge in [-0.05, 0) is 46.4 Å². The molecule has 2 aliphatic rings. The van der Waals surface area contributed by atoms with Crippen LogP contribution in [0.5, 0.6) is 0 Å². The number of hydrogen-bond acceptors (Lipinski definition) is 14. The van der Waals surface area contributed by atoms with Gasteiger partial charge in [-0.25, -0.2) is 0 Å². The van der Waals surface area contributed by atoms with Gasteiger partial charge in [0.15, 0.2) is 18.3 Å². The van der Waals surface area contributed by atoms with Crippen LogP contribution < -0.4 is 0 Å². The summed E-state index contributed by atoms with van der Waals surface area (Å²) in [6, 6.07) is 47.3. The normalized spacial score (nSPS) is 23.6. The Morgan fingerprint density at radius 1 is 0.479 bits per heavy atom. The largest absolute Gasteiger partial charge is 0.463 e. The van der Waals surface area contributed by atoms with Crippen LogP contribution in [0.3, 0.4) is 0 Å². The molecule has 0 radical (unpaired) electrons. The number of carbonyl (C=O) groups excluding carboxylic acids is 4. The van der Waals surface area contributed by atoms with E-state index in [-0.39, 0.29) is 32.8 Å². The highest BCUT2D eigenvalue weighted by atomic mass is 16.7. The summed E-state index contributed by atoms with van der Waals surface area (Å²) in [5.74, 6) is 4.10. The van der Waals surface area contributed by atoms with Crippen molar-refractivity contribution in [2.45, 2.75) is 122 Å². The van der Waals surface area contributed by atoms with Gasteiger partial charge in [-0.1, -0.05) is 157 Å². The van der Waals surface area contributed by atoms with E-state index in [1.807, 2.05) is 158 Å². The fourth-order valence-corrected chi connectivity index (χ4v) is 8.63. The summed E-state index contributed by atoms with van der Waals surface area (Å²) < 4.78 is 62.2. The third-order valence-electron chi connectivity index (χ3n) is 11.9. The van der Waals surface area contributed by atoms with Gasteiger partial charge in [-0.15, -0.1) is 0 Å². The van der Waals surface area contributed by atoms with Crippen LogP contribution in [-0.2, 0) is 93.0 Å². The number of ether oxygens (including phenoxy) is 10. The Labute approximate surface area is 426 Å². The van der Waals surface area contributed by atoms with Gasteiger partial charge in [0.25, 0.3) is 0 Å². The average molecular weight is 995 g/mol. The minimum Gasteiger partial charge on any atom is -0.463 e. The maximum atomic E-state index is 12.4. The van der Waals surface area contributed by atoms with Crippen molar-refractivity contribution in [3.05, 3.63) is 185 Å². The van der Waals surface area contributed by atoms with E-state index in [9.17, 15) is 19.2 Å². The minimum absolute atomic E-state index is 0.150. The second kappa shape index (κ2) is 27.8. The third-order valence-corrected chi connectivity index (χ3v) is 11.9. The van der Waals surface area contributed by atoms with Crippen molar-refractivity contribution in [2.75, 3.05) is 13.2 Å². The van der Waals surface area contributed by atoms with Crippen molar-refractivity contribution in [2.24, 2.45) is 0 Å². The van der Waals surface area contributed by atoms with Crippen molar-refractivity contribution in [1.82, 2.24) is 0 Å². The molecule has 0 N–H and O–H groups in total. The van der Waals surface area contributed by atoms with E-state index in [1.54, 1.807) is 0 Å². The van der Waals surface area contributed by atoms with E-state index < -0.39 is 84.9 Å². The van der Waals surface area contributed by atoms with Crippen LogP contribution in [0.15, 0.2) is 152 Å². The Bertz CT molecular complexity index is 2610. The Kier molecular flexibility index (Phi) is 20.5. The van der Waals surface area contributed by atoms with Gasteiger partial charge in [0.2, 0.25) is 0 Å². The number of hydrogen-bond donors (Lipinski definition) is 0. The molecule has 0 spiro atoms. The molecule has 0 bridgehead atoms. The van der Waals surface area contributed by atoms with Crippen LogP contribution >= 0.6 is 0 Å². The van der Waals surface area contributed by atoms with Crippen molar-refractivity contribution < 1.29 is 66.5 Å². The summed E-state index contributed by atoms with van der Waals surface area (Å²) in [4.78, 5) is 48.8. The Hall–Kier alpha value is -6.96. The van der Waals surface area contributed by atoms with E-state index in [4.69, 9.17) is 47.4 Å². The first-order valence-electron chi connectivity index (χ1n) is 24.3. The fraction of sp³-hybridized carbons (Fsp3) is 0.356. The first kappa shape index (κ1) is 53.8. The highest BCUT2D eigenvalue weighted by Crippen LogP contribution is 2.33. The van der Waals surface area contributed by atoms with Crippen LogP contribution in [0.1, 0.15) is 67.5 Å². The number of benzene rings is 5. The minimum atomic E-state index is -1.26. The Balaban J connectivity index is 1.18. The standard InChI is InChI=1S/C59H62O14/c1-40(60)65-39-53-57(70-42(3)62)59(71-43(4)63)56(69-41(2)61)50(72-53)30-18-29-44-27-17-28-45(33-44)31-32-51-54(66-35-47-21-11-6-12-22-47)58(68-37-49-25-15-8-16-26-49)55(67-36-48-23-13-7-14-24-48)52(73-51)38-64-34-46-19-9-5-10-20-46/h5-29,33,50-59H,30,34-39H2,1-4H3/t50-,51-,52-,53-,54-,55-,56-,57-,58-,59-/m1/s1. The molecule has 7 rings (SSSR count). The van der Waals surface area contributed by atoms with E-state index in [1.165, 1.54) is 27.7 Å². The van der Waals surface area contributed by atoms with Crippen LogP contribution in [0.2, 0.25) is 0 Å². The quantitative estimate of drug-likeness (QED) is 0.0392. The maximum absolute atomic E-state index is 12.4. The summed E-state index contributed by atoms with van der Waals surface area (Å²) in [7, 11) is 0. The molecule has 5 aromatic carbocycles. The lowest BCUT2D eigenvalue weighted by molar-refractivity contribution is -0.261. The van der Waals surface area contributed by atoms with Crippen molar-refractivity contribution in [3.63, 3.8) is 0 Å². The van der Waals surface area contributed by atoms with Crippen molar-refractivity contribution in [3.8, 4) is 11.8 Å². The molecule has 382 valence electrons. The van der Waals surface area contributed by atoms with Crippen molar-refractivity contribution >= 4 is 30.0 Å². The molecule has 0 amide bonds. The highest BCUT2D eigenvalue weighted by Gasteiger charge is 2.52. The molecule has 2 saturated heterocycles. The second-order valence-electron chi connectivity index (χ2n) is 17.7. The molecule has 2 heterocycles. The zero-order valence-electron chi connectivity index (χ0n) is 41.4. The second-order valence-corrected chi connectivity index (χ2v) is 17.7. The molecule has 2 fully saturated rings. The lowest BCUT2D eigenvalue weighted by Crippen LogP contribution is -2.62. The van der Waals surface area contributed by atoms with Crippen LogP contribution in [0, 0.1) is 11.8 Å². The Morgan fingerprint density at radius 3 is 1.49 bits per heavy atom. The van der Waals surface area contributed by atoms with Crippen molar-refractivity contribution in [1.29, 1.82) is 0 Å². The van der Waals surface area contributed by atoms with E-state index in [0.717, 1.165) is 27.8 Å². The maximum Gasteiger partial charge on any atom is 0.303 e. The fourth-order valence-electron chi connectivity index (χ4n) is 8.63. The van der Waals surface area contributed by atoms with Gasteiger partial charge in [0.1, 0.15) is 49.3 Å². The van der Waals surface area contributed by atoms with E-state index >= 15 is 0 Å². The van der Waals surface area contributed by atoms with Gasteiger partial charge < -0.3 is 47.4 Å². The molecule has 5 aromatic rings. The van der Waals surface area contributed by atoms with Crippen LogP contribution in [-0.4, -0.2) is 98.1 Å². The van der Waals surface area contributed by atoms with Gasteiger partial charge in [0, 0.05) is 33.3 Å². The summed E-state index contributed by atoms with van der Waals surface area (Å²) in [6.45, 7) is 5.88. The summed E-state index contributed by atoms with van der Waals surface area (Å²) in [5, 5.41) is 0. The molecule has 14 heteroatoms. The summed E-state index contributed by atoms with van der Waals surface area (Å²) >= 11 is 0. The predicted octanol–water partition coefficient (Wildman–Crippen LogP) is 8.31. The third kappa shape index (κ3) is 16.8. The lowest BCUT2D eigenvalue weighted by Gasteiger charge is -2.45. The molecule has 0 aliphatic carbocycles. The van der Waals surface area contributed by atoms with E-state index in [0.29, 0.717) is 18.8 Å². The van der Waals surface area contributed by atoms with Crippen LogP contribution in [0.25, 0.3) is 6.08 Å². The Morgan fingerprint density at radius 2 is 0.959 bits per heavy atom. The highest BCUT2D eigenvalue weighted by molar-refractivity contribution is 5.69. The zero-order chi connectivity index (χ0) is 51.4. The molecule has 10 atom stereocenters. The first-order chi connectivity index (χ1) is 35.5. The van der Waals surface area contributed by atoms with Gasteiger partial charge in [0.05, 0.1) is 33.0 Å². The lowest BCUT2D eigenvalue weighted by atomic mass is 9.92.